The molecule has 4 unspecified atom stereocenters. The lowest BCUT2D eigenvalue weighted by molar-refractivity contribution is -0.125. The van der Waals surface area contributed by atoms with Crippen molar-refractivity contribution in [3.05, 3.63) is 12.2 Å². The van der Waals surface area contributed by atoms with Crippen LogP contribution in [-0.4, -0.2) is 88.1 Å². The molecule has 0 aliphatic carbocycles. The number of ether oxygens (including phenoxy) is 2. The number of aliphatic hydroxyl groups excluding tert-OH is 4. The second-order valence-electron chi connectivity index (χ2n) is 5.82. The topological polar surface area (TPSA) is 172 Å². The van der Waals surface area contributed by atoms with E-state index in [0.29, 0.717) is 0 Å². The van der Waals surface area contributed by atoms with Crippen LogP contribution in [0, 0.1) is 0 Å². The van der Waals surface area contributed by atoms with E-state index in [1.807, 2.05) is 0 Å². The summed E-state index contributed by atoms with van der Waals surface area (Å²) in [7, 11) is 0. The van der Waals surface area contributed by atoms with Crippen molar-refractivity contribution >= 4 is 11.8 Å². The molecule has 2 amide bonds. The van der Waals surface area contributed by atoms with Gasteiger partial charge in [-0.05, 0) is 6.08 Å². The van der Waals surface area contributed by atoms with Crippen LogP contribution >= 0.6 is 0 Å². The van der Waals surface area contributed by atoms with Crippen molar-refractivity contribution in [1.29, 1.82) is 0 Å². The first kappa shape index (κ1) is 18.8. The molecule has 0 aromatic carbocycles. The van der Waals surface area contributed by atoms with Crippen LogP contribution in [0.4, 0.5) is 0 Å². The number of hydrogen-bond donors (Lipinski definition) is 6. The van der Waals surface area contributed by atoms with Gasteiger partial charge < -0.3 is 41.0 Å². The summed E-state index contributed by atoms with van der Waals surface area (Å²) in [5.74, 6) is -1.18. The summed E-state index contributed by atoms with van der Waals surface area (Å²) >= 11 is 0. The average molecular weight is 346 g/mol. The highest BCUT2D eigenvalue weighted by Crippen LogP contribution is 2.22. The Hall–Kier alpha value is -1.56. The molecule has 0 aromatic heterocycles. The summed E-state index contributed by atoms with van der Waals surface area (Å²) in [5.41, 5.74) is 4.95. The lowest BCUT2D eigenvalue weighted by Crippen LogP contribution is -2.41. The number of carbonyl (C=O) groups excluding carboxylic acids is 2. The van der Waals surface area contributed by atoms with E-state index in [1.165, 1.54) is 6.08 Å². The Morgan fingerprint density at radius 2 is 1.83 bits per heavy atom. The summed E-state index contributed by atoms with van der Waals surface area (Å²) in [4.78, 5) is 22.5. The quantitative estimate of drug-likeness (QED) is 0.265. The Morgan fingerprint density at radius 3 is 2.42 bits per heavy atom. The predicted molar refractivity (Wildman–Crippen MR) is 78.4 cm³/mol. The fourth-order valence-electron chi connectivity index (χ4n) is 2.61. The van der Waals surface area contributed by atoms with Crippen LogP contribution in [-0.2, 0) is 19.1 Å². The van der Waals surface area contributed by atoms with Crippen LogP contribution in [0.25, 0.3) is 0 Å². The molecule has 2 heterocycles. The van der Waals surface area contributed by atoms with E-state index in [-0.39, 0.29) is 19.6 Å². The number of hydrogen-bond acceptors (Lipinski definition) is 8. The van der Waals surface area contributed by atoms with E-state index in [1.54, 1.807) is 0 Å². The van der Waals surface area contributed by atoms with Gasteiger partial charge in [-0.2, -0.15) is 0 Å². The molecule has 2 aliphatic heterocycles. The lowest BCUT2D eigenvalue weighted by Gasteiger charge is -2.17. The third kappa shape index (κ3) is 4.50. The molecule has 10 nitrogen and oxygen atoms in total. The predicted octanol–water partition coefficient (Wildman–Crippen LogP) is -3.86. The highest BCUT2D eigenvalue weighted by Gasteiger charge is 2.41. The Labute approximate surface area is 137 Å². The molecule has 136 valence electrons. The molecule has 2 aliphatic rings. The molecule has 2 saturated heterocycles. The number of primary amides is 1. The number of carbonyl (C=O) groups is 2. The van der Waals surface area contributed by atoms with Gasteiger partial charge in [0.2, 0.25) is 11.8 Å². The largest absolute Gasteiger partial charge is 0.388 e. The van der Waals surface area contributed by atoms with Crippen molar-refractivity contribution in [2.45, 2.75) is 49.1 Å². The van der Waals surface area contributed by atoms with E-state index >= 15 is 0 Å². The fourth-order valence-corrected chi connectivity index (χ4v) is 2.61. The van der Waals surface area contributed by atoms with Crippen molar-refractivity contribution < 1.29 is 39.5 Å². The first-order chi connectivity index (χ1) is 11.3. The normalized spacial score (nSPS) is 39.4. The van der Waals surface area contributed by atoms with Crippen LogP contribution in [0.2, 0.25) is 0 Å². The lowest BCUT2D eigenvalue weighted by atomic mass is 10.1. The van der Waals surface area contributed by atoms with Crippen molar-refractivity contribution in [3.8, 4) is 0 Å². The zero-order chi connectivity index (χ0) is 17.9. The van der Waals surface area contributed by atoms with Crippen molar-refractivity contribution in [1.82, 2.24) is 5.32 Å². The van der Waals surface area contributed by atoms with E-state index in [9.17, 15) is 30.0 Å². The minimum absolute atomic E-state index is 0.0381. The van der Waals surface area contributed by atoms with Gasteiger partial charge in [-0.1, -0.05) is 0 Å². The highest BCUT2D eigenvalue weighted by atomic mass is 16.5. The number of nitrogens with two attached hydrogens (primary N) is 1. The molecule has 24 heavy (non-hydrogen) atoms. The second kappa shape index (κ2) is 8.01. The van der Waals surface area contributed by atoms with Crippen LogP contribution in [0.3, 0.4) is 0 Å². The summed E-state index contributed by atoms with van der Waals surface area (Å²) in [6.07, 6.45) is -5.13. The minimum Gasteiger partial charge on any atom is -0.388 e. The Bertz CT molecular complexity index is 499. The minimum atomic E-state index is -1.25. The van der Waals surface area contributed by atoms with E-state index in [4.69, 9.17) is 15.2 Å². The van der Waals surface area contributed by atoms with Crippen LogP contribution in [0.15, 0.2) is 12.2 Å². The van der Waals surface area contributed by atoms with Gasteiger partial charge in [0.15, 0.2) is 0 Å². The molecule has 7 N–H and O–H groups in total. The first-order valence-corrected chi connectivity index (χ1v) is 7.53. The molecule has 7 atom stereocenters. The first-order valence-electron chi connectivity index (χ1n) is 7.53. The summed E-state index contributed by atoms with van der Waals surface area (Å²) in [6.45, 7) is -0.118. The molecule has 0 saturated carbocycles. The third-order valence-corrected chi connectivity index (χ3v) is 3.99. The third-order valence-electron chi connectivity index (χ3n) is 3.99. The summed E-state index contributed by atoms with van der Waals surface area (Å²) < 4.78 is 10.5. The Kier molecular flexibility index (Phi) is 6.27. The number of amides is 2. The van der Waals surface area contributed by atoms with Gasteiger partial charge in [-0.3, -0.25) is 9.59 Å². The molecule has 10 heteroatoms. The molecular weight excluding hydrogens is 324 g/mol. The van der Waals surface area contributed by atoms with E-state index in [2.05, 4.69) is 5.32 Å². The monoisotopic (exact) mass is 346 g/mol. The molecule has 0 aromatic rings. The highest BCUT2D eigenvalue weighted by molar-refractivity contribution is 5.85. The maximum atomic E-state index is 11.8. The number of nitrogens with one attached hydrogen (secondary N) is 1. The van der Waals surface area contributed by atoms with Gasteiger partial charge in [0.05, 0.1) is 19.1 Å². The Balaban J connectivity index is 1.79. The SMILES string of the molecule is NC(=O)/C=C/C1O[C@H](CNC(=O)C[C@@H]2OC[C@@H](O)C2O)C(O)C1O. The Morgan fingerprint density at radius 1 is 1.12 bits per heavy atom. The maximum Gasteiger partial charge on any atom is 0.241 e. The zero-order valence-corrected chi connectivity index (χ0v) is 12.8. The fraction of sp³-hybridized carbons (Fsp3) is 0.714. The van der Waals surface area contributed by atoms with Gasteiger partial charge >= 0.3 is 0 Å². The standard InChI is InChI=1S/C14H22N2O8/c15-10(18)2-1-7-13(21)14(22)9(24-7)4-16-11(19)3-8-12(20)6(17)5-23-8/h1-2,6-9,12-14,17,20-22H,3-5H2,(H2,15,18)(H,16,19)/b2-1+/t6-,7?,8+,9-,12?,13?,14?/m1/s1. The number of aliphatic hydroxyl groups is 4. The van der Waals surface area contributed by atoms with Crippen LogP contribution < -0.4 is 11.1 Å². The van der Waals surface area contributed by atoms with Gasteiger partial charge in [0, 0.05) is 12.6 Å². The van der Waals surface area contributed by atoms with Gasteiger partial charge in [-0.15, -0.1) is 0 Å². The average Bonchev–Trinajstić information content (AvgIpc) is 2.98. The van der Waals surface area contributed by atoms with Crippen LogP contribution in [0.5, 0.6) is 0 Å². The molecule has 2 rings (SSSR count). The van der Waals surface area contributed by atoms with E-state index in [0.717, 1.165) is 6.08 Å². The van der Waals surface area contributed by atoms with Gasteiger partial charge in [-0.25, -0.2) is 0 Å². The molecule has 2 fully saturated rings. The summed E-state index contributed by atoms with van der Waals surface area (Å²) in [6, 6.07) is 0. The van der Waals surface area contributed by atoms with Crippen LogP contribution in [0.1, 0.15) is 6.42 Å². The molecule has 0 spiro atoms. The van der Waals surface area contributed by atoms with Crippen molar-refractivity contribution in [2.75, 3.05) is 13.2 Å². The van der Waals surface area contributed by atoms with Gasteiger partial charge in [0.1, 0.15) is 36.6 Å². The molecule has 0 radical (unpaired) electrons. The smallest absolute Gasteiger partial charge is 0.241 e. The zero-order valence-electron chi connectivity index (χ0n) is 12.8. The van der Waals surface area contributed by atoms with Gasteiger partial charge in [0.25, 0.3) is 0 Å². The number of rotatable bonds is 6. The summed E-state index contributed by atoms with van der Waals surface area (Å²) in [5, 5.41) is 41.2. The molecular formula is C14H22N2O8. The molecule has 0 bridgehead atoms. The second-order valence-corrected chi connectivity index (χ2v) is 5.82. The van der Waals surface area contributed by atoms with Crippen molar-refractivity contribution in [2.24, 2.45) is 5.73 Å². The van der Waals surface area contributed by atoms with E-state index < -0.39 is 54.5 Å². The maximum absolute atomic E-state index is 11.8. The van der Waals surface area contributed by atoms with Crippen molar-refractivity contribution in [3.63, 3.8) is 0 Å².